The van der Waals surface area contributed by atoms with Crippen LogP contribution in [0.3, 0.4) is 0 Å². The normalized spacial score (nSPS) is 18.7. The van der Waals surface area contributed by atoms with Gasteiger partial charge in [0.1, 0.15) is 5.82 Å². The van der Waals surface area contributed by atoms with Crippen LogP contribution in [0.1, 0.15) is 58.0 Å². The van der Waals surface area contributed by atoms with Crippen LogP contribution in [-0.2, 0) is 4.75 Å². The Bertz CT molecular complexity index is 1090. The number of likely N-dealkylation sites (tertiary alicyclic amines) is 1. The monoisotopic (exact) mass is 473 g/mol. The lowest BCUT2D eigenvalue weighted by Gasteiger charge is -2.39. The molecule has 2 aliphatic rings. The molecular formula is C30H32FNOS. The molecule has 176 valence electrons. The predicted octanol–water partition coefficient (Wildman–Crippen LogP) is 7.42. The molecule has 0 aliphatic carbocycles. The molecule has 2 nitrogen and oxygen atoms in total. The molecule has 0 amide bonds. The second kappa shape index (κ2) is 11.2. The number of halogens is 1. The van der Waals surface area contributed by atoms with Gasteiger partial charge in [-0.05, 0) is 79.9 Å². The molecule has 4 heteroatoms. The summed E-state index contributed by atoms with van der Waals surface area (Å²) in [5.74, 6) is -0.200. The Morgan fingerprint density at radius 3 is 2.29 bits per heavy atom. The predicted molar refractivity (Wildman–Crippen MR) is 141 cm³/mol. The van der Waals surface area contributed by atoms with Crippen molar-refractivity contribution in [2.45, 2.75) is 35.7 Å². The average Bonchev–Trinajstić information content (AvgIpc) is 3.21. The molecule has 2 heterocycles. The fraction of sp³-hybridized carbons (Fsp3) is 0.300. The van der Waals surface area contributed by atoms with Gasteiger partial charge in [-0.15, -0.1) is 24.9 Å². The van der Waals surface area contributed by atoms with Crippen molar-refractivity contribution < 1.29 is 9.18 Å². The average molecular weight is 474 g/mol. The van der Waals surface area contributed by atoms with E-state index in [1.165, 1.54) is 28.8 Å². The van der Waals surface area contributed by atoms with Gasteiger partial charge in [-0.1, -0.05) is 54.6 Å². The van der Waals surface area contributed by atoms with Crippen molar-refractivity contribution in [3.05, 3.63) is 120 Å². The van der Waals surface area contributed by atoms with E-state index in [4.69, 9.17) is 0 Å². The van der Waals surface area contributed by atoms with Crippen molar-refractivity contribution in [3.63, 3.8) is 0 Å². The van der Waals surface area contributed by atoms with Crippen LogP contribution >= 0.6 is 11.8 Å². The number of hydrogen-bond donors (Lipinski definition) is 0. The van der Waals surface area contributed by atoms with E-state index >= 15 is 0 Å². The third kappa shape index (κ3) is 5.18. The molecule has 1 fully saturated rings. The van der Waals surface area contributed by atoms with Gasteiger partial charge in [-0.3, -0.25) is 4.79 Å². The van der Waals surface area contributed by atoms with E-state index in [1.807, 2.05) is 0 Å². The van der Waals surface area contributed by atoms with E-state index in [-0.39, 0.29) is 16.3 Å². The molecule has 0 saturated carbocycles. The number of fused-ring (bicyclic) bond motifs is 2. The van der Waals surface area contributed by atoms with Gasteiger partial charge in [-0.25, -0.2) is 4.39 Å². The first-order valence-electron chi connectivity index (χ1n) is 12.0. The summed E-state index contributed by atoms with van der Waals surface area (Å²) in [5.41, 5.74) is 4.99. The van der Waals surface area contributed by atoms with E-state index in [0.29, 0.717) is 17.2 Å². The maximum atomic E-state index is 13.1. The van der Waals surface area contributed by atoms with Crippen molar-refractivity contribution in [1.82, 2.24) is 4.90 Å². The smallest absolute Gasteiger partial charge is 0.162 e. The molecule has 0 bridgehead atoms. The molecule has 2 aliphatic heterocycles. The summed E-state index contributed by atoms with van der Waals surface area (Å²) in [6, 6.07) is 25.7. The summed E-state index contributed by atoms with van der Waals surface area (Å²) in [5, 5.41) is 0.410. The summed E-state index contributed by atoms with van der Waals surface area (Å²) in [4.78, 5) is 14.9. The third-order valence-corrected chi connectivity index (χ3v) is 8.73. The molecule has 1 spiro atoms. The van der Waals surface area contributed by atoms with E-state index in [0.717, 1.165) is 38.9 Å². The van der Waals surface area contributed by atoms with Crippen LogP contribution < -0.4 is 0 Å². The number of ketones is 1. The number of benzene rings is 3. The molecule has 0 radical (unpaired) electrons. The van der Waals surface area contributed by atoms with Crippen LogP contribution in [0, 0.1) is 5.82 Å². The Morgan fingerprint density at radius 1 is 0.941 bits per heavy atom. The first-order chi connectivity index (χ1) is 16.6. The number of carbonyl (C=O) groups is 1. The Hall–Kier alpha value is -2.69. The zero-order chi connectivity index (χ0) is 24.0. The lowest BCUT2D eigenvalue weighted by atomic mass is 9.84. The zero-order valence-electron chi connectivity index (χ0n) is 19.6. The molecule has 0 aromatic heterocycles. The molecule has 1 saturated heterocycles. The fourth-order valence-electron chi connectivity index (χ4n) is 5.14. The Balaban J connectivity index is 0.00000133. The topological polar surface area (TPSA) is 20.3 Å². The molecule has 34 heavy (non-hydrogen) atoms. The number of rotatable bonds is 6. The lowest BCUT2D eigenvalue weighted by molar-refractivity contribution is 0.0971. The zero-order valence-corrected chi connectivity index (χ0v) is 20.4. The molecule has 3 aromatic carbocycles. The highest BCUT2D eigenvalue weighted by atomic mass is 32.2. The van der Waals surface area contributed by atoms with Crippen LogP contribution in [0.2, 0.25) is 0 Å². The third-order valence-electron chi connectivity index (χ3n) is 6.89. The first kappa shape index (κ1) is 24.4. The minimum Gasteiger partial charge on any atom is -0.303 e. The maximum absolute atomic E-state index is 13.1. The Morgan fingerprint density at radius 2 is 1.59 bits per heavy atom. The lowest BCUT2D eigenvalue weighted by Crippen LogP contribution is -2.40. The highest BCUT2D eigenvalue weighted by molar-refractivity contribution is 8.01. The SMILES string of the molecule is C=C.O=C(CCCN1CCC2(CC1)SC(c1ccccc1)c1ccccc12)c1ccc(F)cc1. The number of Topliss-reactive ketones (excluding diaryl/α,β-unsaturated/α-hetero) is 1. The summed E-state index contributed by atoms with van der Waals surface area (Å²) >= 11 is 2.13. The van der Waals surface area contributed by atoms with Gasteiger partial charge in [0.2, 0.25) is 0 Å². The Labute approximate surface area is 206 Å². The van der Waals surface area contributed by atoms with Gasteiger partial charge < -0.3 is 4.90 Å². The van der Waals surface area contributed by atoms with Crippen LogP contribution in [0.15, 0.2) is 92.0 Å². The molecular weight excluding hydrogens is 441 g/mol. The molecule has 3 aromatic rings. The number of carbonyl (C=O) groups excluding carboxylic acids is 1. The van der Waals surface area contributed by atoms with E-state index in [1.54, 1.807) is 12.1 Å². The highest BCUT2D eigenvalue weighted by Crippen LogP contribution is 2.61. The summed E-state index contributed by atoms with van der Waals surface area (Å²) in [6.07, 6.45) is 3.65. The molecule has 5 rings (SSSR count). The van der Waals surface area contributed by atoms with Crippen molar-refractivity contribution >= 4 is 17.5 Å². The van der Waals surface area contributed by atoms with Crippen molar-refractivity contribution in [2.75, 3.05) is 19.6 Å². The van der Waals surface area contributed by atoms with Crippen molar-refractivity contribution in [1.29, 1.82) is 0 Å². The second-order valence-electron chi connectivity index (χ2n) is 8.87. The van der Waals surface area contributed by atoms with Crippen molar-refractivity contribution in [3.8, 4) is 0 Å². The summed E-state index contributed by atoms with van der Waals surface area (Å²) < 4.78 is 13.3. The first-order valence-corrected chi connectivity index (χ1v) is 12.9. The van der Waals surface area contributed by atoms with Gasteiger partial charge in [0.05, 0.1) is 5.25 Å². The van der Waals surface area contributed by atoms with E-state index in [2.05, 4.69) is 84.4 Å². The minimum absolute atomic E-state index is 0.101. The summed E-state index contributed by atoms with van der Waals surface area (Å²) in [7, 11) is 0. The minimum atomic E-state index is -0.301. The molecule has 1 unspecified atom stereocenters. The number of piperidine rings is 1. The fourth-order valence-corrected chi connectivity index (χ4v) is 6.94. The van der Waals surface area contributed by atoms with Gasteiger partial charge >= 0.3 is 0 Å². The number of thioether (sulfide) groups is 1. The molecule has 0 N–H and O–H groups in total. The largest absolute Gasteiger partial charge is 0.303 e. The second-order valence-corrected chi connectivity index (χ2v) is 10.4. The quantitative estimate of drug-likeness (QED) is 0.274. The van der Waals surface area contributed by atoms with Crippen LogP contribution in [0.5, 0.6) is 0 Å². The number of nitrogens with zero attached hydrogens (tertiary/aromatic N) is 1. The maximum Gasteiger partial charge on any atom is 0.162 e. The van der Waals surface area contributed by atoms with Gasteiger partial charge in [-0.2, -0.15) is 0 Å². The number of hydrogen-bond acceptors (Lipinski definition) is 3. The van der Waals surface area contributed by atoms with Crippen LogP contribution in [0.4, 0.5) is 4.39 Å². The standard InChI is InChI=1S/C28H28FNOS.C2H4/c29-23-14-12-21(13-15-23)26(31)11-6-18-30-19-16-28(17-20-30)25-10-5-4-9-24(25)27(32-28)22-7-2-1-3-8-22;1-2/h1-5,7-10,12-15,27H,6,11,16-20H2;1-2H2. The molecule has 1 atom stereocenters. The van der Waals surface area contributed by atoms with Crippen LogP contribution in [0.25, 0.3) is 0 Å². The van der Waals surface area contributed by atoms with Crippen molar-refractivity contribution in [2.24, 2.45) is 0 Å². The van der Waals surface area contributed by atoms with Gasteiger partial charge in [0.15, 0.2) is 5.78 Å². The van der Waals surface area contributed by atoms with E-state index < -0.39 is 0 Å². The highest BCUT2D eigenvalue weighted by Gasteiger charge is 2.46. The van der Waals surface area contributed by atoms with Crippen LogP contribution in [-0.4, -0.2) is 30.3 Å². The summed E-state index contributed by atoms with van der Waals surface area (Å²) in [6.45, 7) is 9.07. The Kier molecular flexibility index (Phi) is 8.02. The van der Waals surface area contributed by atoms with E-state index in [9.17, 15) is 9.18 Å². The van der Waals surface area contributed by atoms with Gasteiger partial charge in [0.25, 0.3) is 0 Å². The van der Waals surface area contributed by atoms with Gasteiger partial charge in [0, 0.05) is 16.7 Å².